The molecular formula is C77H150O17P2. The van der Waals surface area contributed by atoms with Crippen LogP contribution in [0.25, 0.3) is 0 Å². The smallest absolute Gasteiger partial charge is 0.462 e. The lowest BCUT2D eigenvalue weighted by molar-refractivity contribution is -0.161. The predicted molar refractivity (Wildman–Crippen MR) is 391 cm³/mol. The van der Waals surface area contributed by atoms with Crippen LogP contribution in [0.5, 0.6) is 0 Å². The Labute approximate surface area is 588 Å². The number of phosphoric acid groups is 2. The molecule has 0 saturated heterocycles. The highest BCUT2D eigenvalue weighted by atomic mass is 31.2. The van der Waals surface area contributed by atoms with E-state index in [1.807, 2.05) is 0 Å². The molecule has 0 aliphatic heterocycles. The van der Waals surface area contributed by atoms with Gasteiger partial charge in [0.2, 0.25) is 0 Å². The third-order valence-electron chi connectivity index (χ3n) is 18.0. The number of carbonyl (C=O) groups excluding carboxylic acids is 4. The van der Waals surface area contributed by atoms with E-state index in [0.717, 1.165) is 95.8 Å². The molecule has 0 heterocycles. The molecule has 96 heavy (non-hydrogen) atoms. The Kier molecular flexibility index (Phi) is 68.7. The van der Waals surface area contributed by atoms with Gasteiger partial charge in [-0.2, -0.15) is 0 Å². The zero-order valence-corrected chi connectivity index (χ0v) is 64.3. The van der Waals surface area contributed by atoms with E-state index >= 15 is 0 Å². The van der Waals surface area contributed by atoms with E-state index in [1.165, 1.54) is 231 Å². The van der Waals surface area contributed by atoms with Gasteiger partial charge in [0, 0.05) is 25.7 Å². The fraction of sp³-hybridized carbons (Fsp3) is 0.948. The Morgan fingerprint density at radius 2 is 0.479 bits per heavy atom. The highest BCUT2D eigenvalue weighted by Crippen LogP contribution is 2.45. The van der Waals surface area contributed by atoms with Crippen molar-refractivity contribution >= 4 is 39.5 Å². The average Bonchev–Trinajstić information content (AvgIpc) is 1.32. The van der Waals surface area contributed by atoms with Crippen LogP contribution in [0.4, 0.5) is 0 Å². The first-order chi connectivity index (χ1) is 46.5. The summed E-state index contributed by atoms with van der Waals surface area (Å²) in [4.78, 5) is 72.8. The Bertz CT molecular complexity index is 1840. The van der Waals surface area contributed by atoms with Crippen molar-refractivity contribution in [2.75, 3.05) is 39.6 Å². The van der Waals surface area contributed by atoms with Gasteiger partial charge >= 0.3 is 39.5 Å². The number of aliphatic hydroxyl groups excluding tert-OH is 1. The van der Waals surface area contributed by atoms with Crippen LogP contribution in [0.1, 0.15) is 407 Å². The van der Waals surface area contributed by atoms with Crippen molar-refractivity contribution in [1.29, 1.82) is 0 Å². The van der Waals surface area contributed by atoms with Crippen LogP contribution < -0.4 is 0 Å². The second-order valence-corrected chi connectivity index (χ2v) is 31.1. The minimum atomic E-state index is -4.96. The molecule has 0 aliphatic carbocycles. The van der Waals surface area contributed by atoms with Gasteiger partial charge in [0.25, 0.3) is 0 Å². The quantitative estimate of drug-likeness (QED) is 0.0222. The van der Waals surface area contributed by atoms with Crippen LogP contribution in [0.3, 0.4) is 0 Å². The molecule has 0 radical (unpaired) electrons. The molecule has 2 unspecified atom stereocenters. The van der Waals surface area contributed by atoms with Gasteiger partial charge < -0.3 is 33.8 Å². The zero-order chi connectivity index (χ0) is 70.5. The molecule has 0 spiro atoms. The SMILES string of the molecule is CCCCCCCCCCCCCCCCCCCC(=O)OC[C@H](COP(=O)(O)OC[C@@H](O)COP(=O)(O)OC[C@@H](COC(=O)CCCCCCCCCCC)OC(=O)CCCCCCCCCCCCCC)OC(=O)CCCCCCCCCCCCCCCCCC(C)C. The van der Waals surface area contributed by atoms with Crippen LogP contribution in [-0.4, -0.2) is 96.7 Å². The molecule has 5 atom stereocenters. The number of hydrogen-bond donors (Lipinski definition) is 3. The topological polar surface area (TPSA) is 237 Å². The van der Waals surface area contributed by atoms with Crippen molar-refractivity contribution < 1.29 is 80.2 Å². The molecule has 0 aliphatic rings. The number of hydrogen-bond acceptors (Lipinski definition) is 15. The van der Waals surface area contributed by atoms with Crippen LogP contribution >= 0.6 is 15.6 Å². The Hall–Kier alpha value is -1.94. The van der Waals surface area contributed by atoms with Gasteiger partial charge in [0.15, 0.2) is 12.2 Å². The van der Waals surface area contributed by atoms with Crippen LogP contribution in [0.15, 0.2) is 0 Å². The van der Waals surface area contributed by atoms with Crippen molar-refractivity contribution in [2.45, 2.75) is 425 Å². The standard InChI is InChI=1S/C77H150O17P2/c1-6-9-12-15-18-21-23-25-26-27-30-33-37-41-46-51-56-61-75(80)88-67-73(94-77(82)63-58-53-48-43-38-34-31-28-29-32-35-40-44-49-54-59-70(4)5)69-92-96(85,86)90-65-71(78)64-89-95(83,84)91-68-72(66-87-74(79)60-55-50-45-39-20-17-14-11-8-3)93-76(81)62-57-52-47-42-36-24-22-19-16-13-10-7-2/h70-73,78H,6-69H2,1-5H3,(H,83,84)(H,85,86)/t71-,72+,73+/m0/s1. The number of rotatable bonds is 77. The van der Waals surface area contributed by atoms with Gasteiger partial charge in [-0.1, -0.05) is 356 Å². The molecule has 0 amide bonds. The van der Waals surface area contributed by atoms with Gasteiger partial charge in [-0.3, -0.25) is 37.3 Å². The van der Waals surface area contributed by atoms with Crippen molar-refractivity contribution in [3.63, 3.8) is 0 Å². The Morgan fingerprint density at radius 1 is 0.281 bits per heavy atom. The van der Waals surface area contributed by atoms with E-state index < -0.39 is 97.5 Å². The molecule has 0 saturated carbocycles. The largest absolute Gasteiger partial charge is 0.472 e. The first-order valence-corrected chi connectivity index (χ1v) is 43.1. The highest BCUT2D eigenvalue weighted by molar-refractivity contribution is 7.47. The molecular weight excluding hydrogens is 1260 g/mol. The average molecular weight is 1410 g/mol. The van der Waals surface area contributed by atoms with Gasteiger partial charge in [-0.15, -0.1) is 0 Å². The lowest BCUT2D eigenvalue weighted by Crippen LogP contribution is -2.30. The van der Waals surface area contributed by atoms with Gasteiger partial charge in [-0.05, 0) is 31.6 Å². The molecule has 19 heteroatoms. The second kappa shape index (κ2) is 70.1. The number of aliphatic hydroxyl groups is 1. The van der Waals surface area contributed by atoms with Crippen LogP contribution in [0.2, 0.25) is 0 Å². The van der Waals surface area contributed by atoms with Crippen molar-refractivity contribution in [1.82, 2.24) is 0 Å². The van der Waals surface area contributed by atoms with E-state index in [2.05, 4.69) is 34.6 Å². The van der Waals surface area contributed by atoms with Gasteiger partial charge in [0.05, 0.1) is 26.4 Å². The highest BCUT2D eigenvalue weighted by Gasteiger charge is 2.30. The fourth-order valence-corrected chi connectivity index (χ4v) is 13.5. The Balaban J connectivity index is 5.22. The van der Waals surface area contributed by atoms with Crippen LogP contribution in [-0.2, 0) is 65.4 Å². The van der Waals surface area contributed by atoms with E-state index in [1.54, 1.807) is 0 Å². The third kappa shape index (κ3) is 70.5. The lowest BCUT2D eigenvalue weighted by Gasteiger charge is -2.21. The van der Waals surface area contributed by atoms with Crippen molar-refractivity contribution in [3.05, 3.63) is 0 Å². The molecule has 0 aromatic carbocycles. The number of esters is 4. The number of carbonyl (C=O) groups is 4. The summed E-state index contributed by atoms with van der Waals surface area (Å²) in [5.74, 6) is -1.31. The maximum atomic E-state index is 13.1. The molecule has 0 rings (SSSR count). The summed E-state index contributed by atoms with van der Waals surface area (Å²) in [6.45, 7) is 7.32. The van der Waals surface area contributed by atoms with E-state index in [-0.39, 0.29) is 25.7 Å². The van der Waals surface area contributed by atoms with Gasteiger partial charge in [0.1, 0.15) is 19.3 Å². The first-order valence-electron chi connectivity index (χ1n) is 40.1. The molecule has 17 nitrogen and oxygen atoms in total. The molecule has 570 valence electrons. The van der Waals surface area contributed by atoms with Crippen molar-refractivity contribution in [3.8, 4) is 0 Å². The van der Waals surface area contributed by atoms with Crippen LogP contribution in [0, 0.1) is 5.92 Å². The summed E-state index contributed by atoms with van der Waals surface area (Å²) in [5.41, 5.74) is 0. The minimum absolute atomic E-state index is 0.108. The Morgan fingerprint density at radius 3 is 0.708 bits per heavy atom. The lowest BCUT2D eigenvalue weighted by atomic mass is 10.0. The maximum absolute atomic E-state index is 13.1. The summed E-state index contributed by atoms with van der Waals surface area (Å²) in [7, 11) is -9.91. The van der Waals surface area contributed by atoms with Crippen molar-refractivity contribution in [2.24, 2.45) is 5.92 Å². The summed E-state index contributed by atoms with van der Waals surface area (Å²) in [6.07, 6.45) is 59.6. The summed E-state index contributed by atoms with van der Waals surface area (Å²) in [6, 6.07) is 0. The van der Waals surface area contributed by atoms with E-state index in [9.17, 15) is 43.2 Å². The number of phosphoric ester groups is 2. The monoisotopic (exact) mass is 1410 g/mol. The van der Waals surface area contributed by atoms with E-state index in [4.69, 9.17) is 37.0 Å². The summed E-state index contributed by atoms with van der Waals surface area (Å²) < 4.78 is 68.5. The van der Waals surface area contributed by atoms with E-state index in [0.29, 0.717) is 25.7 Å². The first kappa shape index (κ1) is 94.1. The normalized spacial score (nSPS) is 13.9. The molecule has 0 bridgehead atoms. The third-order valence-corrected chi connectivity index (χ3v) is 19.9. The minimum Gasteiger partial charge on any atom is -0.462 e. The fourth-order valence-electron chi connectivity index (χ4n) is 11.9. The summed E-state index contributed by atoms with van der Waals surface area (Å²) in [5, 5.41) is 10.6. The number of unbranched alkanes of at least 4 members (excludes halogenated alkanes) is 49. The second-order valence-electron chi connectivity index (χ2n) is 28.2. The maximum Gasteiger partial charge on any atom is 0.472 e. The zero-order valence-electron chi connectivity index (χ0n) is 62.5. The molecule has 3 N–H and O–H groups in total. The predicted octanol–water partition coefficient (Wildman–Crippen LogP) is 22.9. The summed E-state index contributed by atoms with van der Waals surface area (Å²) >= 11 is 0. The molecule has 0 aromatic rings. The van der Waals surface area contributed by atoms with Gasteiger partial charge in [-0.25, -0.2) is 9.13 Å². The molecule has 0 fully saturated rings. The molecule has 0 aromatic heterocycles. The number of ether oxygens (including phenoxy) is 4.